The van der Waals surface area contributed by atoms with Gasteiger partial charge in [-0.05, 0) is 18.2 Å². The average molecular weight is 174 g/mol. The third-order valence-electron chi connectivity index (χ3n) is 2.04. The molecule has 0 amide bonds. The van der Waals surface area contributed by atoms with Crippen LogP contribution >= 0.6 is 0 Å². The molecule has 3 heteroatoms. The molecule has 66 valence electrons. The maximum absolute atomic E-state index is 11.3. The predicted octanol–water partition coefficient (Wildman–Crippen LogP) is 1.93. The van der Waals surface area contributed by atoms with Crippen molar-refractivity contribution in [3.8, 4) is 0 Å². The molecule has 2 heterocycles. The van der Waals surface area contributed by atoms with Crippen molar-refractivity contribution >= 4 is 11.3 Å². The Bertz CT molecular complexity index is 445. The van der Waals surface area contributed by atoms with Gasteiger partial charge in [-0.1, -0.05) is 6.92 Å². The lowest BCUT2D eigenvalue weighted by molar-refractivity contribution is 0.0988. The molecule has 3 nitrogen and oxygen atoms in total. The Morgan fingerprint density at radius 3 is 3.15 bits per heavy atom. The number of Topliss-reactive ketones (excluding diaryl/α,β-unsaturated/α-hetero) is 1. The molecule has 2 aromatic rings. The summed E-state index contributed by atoms with van der Waals surface area (Å²) in [6.45, 7) is 1.86. The first-order chi connectivity index (χ1) is 6.31. The van der Waals surface area contributed by atoms with Gasteiger partial charge in [-0.25, -0.2) is 4.52 Å². The fraction of sp³-hybridized carbons (Fsp3) is 0.200. The van der Waals surface area contributed by atoms with E-state index in [9.17, 15) is 4.79 Å². The van der Waals surface area contributed by atoms with Gasteiger partial charge in [-0.3, -0.25) is 4.79 Å². The second-order valence-corrected chi connectivity index (χ2v) is 2.89. The van der Waals surface area contributed by atoms with Crippen LogP contribution in [0.4, 0.5) is 0 Å². The van der Waals surface area contributed by atoms with Gasteiger partial charge >= 0.3 is 0 Å². The third kappa shape index (κ3) is 1.33. The van der Waals surface area contributed by atoms with Gasteiger partial charge in [0, 0.05) is 24.4 Å². The van der Waals surface area contributed by atoms with E-state index in [2.05, 4.69) is 5.10 Å². The summed E-state index contributed by atoms with van der Waals surface area (Å²) in [6, 6.07) is 5.54. The predicted molar refractivity (Wildman–Crippen MR) is 49.8 cm³/mol. The molecule has 0 radical (unpaired) electrons. The monoisotopic (exact) mass is 174 g/mol. The molecule has 2 rings (SSSR count). The van der Waals surface area contributed by atoms with Crippen LogP contribution in [0.15, 0.2) is 30.6 Å². The summed E-state index contributed by atoms with van der Waals surface area (Å²) in [5.74, 6) is 0.170. The van der Waals surface area contributed by atoms with E-state index in [1.807, 2.05) is 19.1 Å². The molecule has 0 saturated heterocycles. The smallest absolute Gasteiger partial charge is 0.162 e. The molecule has 0 atom stereocenters. The van der Waals surface area contributed by atoms with Crippen LogP contribution in [0.2, 0.25) is 0 Å². The molecule has 0 aromatic carbocycles. The molecule has 0 saturated carbocycles. The summed E-state index contributed by atoms with van der Waals surface area (Å²) in [7, 11) is 0. The Morgan fingerprint density at radius 2 is 2.38 bits per heavy atom. The van der Waals surface area contributed by atoms with Crippen LogP contribution < -0.4 is 0 Å². The minimum atomic E-state index is 0.170. The lowest BCUT2D eigenvalue weighted by Gasteiger charge is -1.98. The topological polar surface area (TPSA) is 34.4 Å². The molecule has 0 aliphatic carbocycles. The third-order valence-corrected chi connectivity index (χ3v) is 2.04. The van der Waals surface area contributed by atoms with Gasteiger partial charge in [-0.2, -0.15) is 5.10 Å². The Labute approximate surface area is 76.0 Å². The minimum absolute atomic E-state index is 0.170. The van der Waals surface area contributed by atoms with Crippen molar-refractivity contribution in [3.05, 3.63) is 36.2 Å². The van der Waals surface area contributed by atoms with Gasteiger partial charge in [0.25, 0.3) is 0 Å². The molecule has 0 fully saturated rings. The normalized spacial score (nSPS) is 10.5. The summed E-state index contributed by atoms with van der Waals surface area (Å²) >= 11 is 0. The molecule has 0 bridgehead atoms. The molecule has 0 aliphatic rings. The largest absolute Gasteiger partial charge is 0.294 e. The van der Waals surface area contributed by atoms with Gasteiger partial charge in [0.2, 0.25) is 0 Å². The van der Waals surface area contributed by atoms with Crippen molar-refractivity contribution in [1.29, 1.82) is 0 Å². The van der Waals surface area contributed by atoms with Gasteiger partial charge in [0.1, 0.15) is 0 Å². The highest BCUT2D eigenvalue weighted by Gasteiger charge is 2.03. The number of fused-ring (bicyclic) bond motifs is 1. The molecule has 0 spiro atoms. The van der Waals surface area contributed by atoms with Crippen molar-refractivity contribution < 1.29 is 4.79 Å². The Kier molecular flexibility index (Phi) is 1.85. The number of hydrogen-bond acceptors (Lipinski definition) is 2. The van der Waals surface area contributed by atoms with Crippen LogP contribution in [0.3, 0.4) is 0 Å². The quantitative estimate of drug-likeness (QED) is 0.652. The lowest BCUT2D eigenvalue weighted by atomic mass is 10.1. The number of aromatic nitrogens is 2. The van der Waals surface area contributed by atoms with E-state index in [1.165, 1.54) is 0 Å². The van der Waals surface area contributed by atoms with Crippen LogP contribution in [0.5, 0.6) is 0 Å². The van der Waals surface area contributed by atoms with Crippen molar-refractivity contribution in [2.24, 2.45) is 0 Å². The number of nitrogens with zero attached hydrogens (tertiary/aromatic N) is 2. The zero-order valence-electron chi connectivity index (χ0n) is 7.40. The summed E-state index contributed by atoms with van der Waals surface area (Å²) in [5, 5.41) is 4.05. The number of carbonyl (C=O) groups is 1. The maximum Gasteiger partial charge on any atom is 0.162 e. The van der Waals surface area contributed by atoms with Gasteiger partial charge in [0.15, 0.2) is 5.78 Å². The number of rotatable bonds is 2. The first-order valence-corrected chi connectivity index (χ1v) is 4.28. The lowest BCUT2D eigenvalue weighted by Crippen LogP contribution is -1.97. The molecular formula is C10H10N2O. The number of pyridine rings is 1. The van der Waals surface area contributed by atoms with E-state index in [1.54, 1.807) is 23.0 Å². The van der Waals surface area contributed by atoms with E-state index < -0.39 is 0 Å². The Morgan fingerprint density at radius 1 is 1.54 bits per heavy atom. The second kappa shape index (κ2) is 3.01. The molecule has 2 aromatic heterocycles. The van der Waals surface area contributed by atoms with Gasteiger partial charge < -0.3 is 0 Å². The van der Waals surface area contributed by atoms with Gasteiger partial charge in [-0.15, -0.1) is 0 Å². The van der Waals surface area contributed by atoms with E-state index in [4.69, 9.17) is 0 Å². The minimum Gasteiger partial charge on any atom is -0.294 e. The maximum atomic E-state index is 11.3. The molecule has 13 heavy (non-hydrogen) atoms. The fourth-order valence-electron chi connectivity index (χ4n) is 1.30. The summed E-state index contributed by atoms with van der Waals surface area (Å²) in [4.78, 5) is 11.3. The zero-order valence-corrected chi connectivity index (χ0v) is 7.40. The standard InChI is InChI=1S/C10H10N2O/c1-2-10(13)8-4-6-12-9(7-8)3-5-11-12/h3-7H,2H2,1H3. The van der Waals surface area contributed by atoms with E-state index in [-0.39, 0.29) is 5.78 Å². The number of carbonyl (C=O) groups excluding carboxylic acids is 1. The SMILES string of the molecule is CCC(=O)c1ccn2nccc2c1. The molecule has 0 aliphatic heterocycles. The van der Waals surface area contributed by atoms with Crippen LogP contribution in [-0.4, -0.2) is 15.4 Å². The highest BCUT2D eigenvalue weighted by molar-refractivity contribution is 5.96. The Hall–Kier alpha value is -1.64. The second-order valence-electron chi connectivity index (χ2n) is 2.89. The van der Waals surface area contributed by atoms with Crippen molar-refractivity contribution in [1.82, 2.24) is 9.61 Å². The van der Waals surface area contributed by atoms with Crippen molar-refractivity contribution in [2.75, 3.05) is 0 Å². The van der Waals surface area contributed by atoms with E-state index in [0.29, 0.717) is 6.42 Å². The number of ketones is 1. The first-order valence-electron chi connectivity index (χ1n) is 4.28. The first kappa shape index (κ1) is 7.98. The summed E-state index contributed by atoms with van der Waals surface area (Å²) < 4.78 is 1.74. The highest BCUT2D eigenvalue weighted by Crippen LogP contribution is 2.08. The zero-order chi connectivity index (χ0) is 9.26. The van der Waals surface area contributed by atoms with Crippen molar-refractivity contribution in [2.45, 2.75) is 13.3 Å². The van der Waals surface area contributed by atoms with Crippen molar-refractivity contribution in [3.63, 3.8) is 0 Å². The van der Waals surface area contributed by atoms with Crippen LogP contribution in [0.1, 0.15) is 23.7 Å². The van der Waals surface area contributed by atoms with Crippen LogP contribution in [0, 0.1) is 0 Å². The molecule has 0 N–H and O–H groups in total. The average Bonchev–Trinajstić information content (AvgIpc) is 2.63. The van der Waals surface area contributed by atoms with E-state index >= 15 is 0 Å². The molecule has 0 unspecified atom stereocenters. The van der Waals surface area contributed by atoms with Crippen LogP contribution in [-0.2, 0) is 0 Å². The molecular weight excluding hydrogens is 164 g/mol. The fourth-order valence-corrected chi connectivity index (χ4v) is 1.30. The number of hydrogen-bond donors (Lipinski definition) is 0. The summed E-state index contributed by atoms with van der Waals surface area (Å²) in [5.41, 5.74) is 1.72. The van der Waals surface area contributed by atoms with Crippen LogP contribution in [0.25, 0.3) is 5.52 Å². The van der Waals surface area contributed by atoms with E-state index in [0.717, 1.165) is 11.1 Å². The summed E-state index contributed by atoms with van der Waals surface area (Å²) in [6.07, 6.45) is 4.07. The Balaban J connectivity index is 2.54. The highest BCUT2D eigenvalue weighted by atomic mass is 16.1. The van der Waals surface area contributed by atoms with Gasteiger partial charge in [0.05, 0.1) is 5.52 Å².